The minimum atomic E-state index is -0.966. The first-order valence-corrected chi connectivity index (χ1v) is 11.3. The van der Waals surface area contributed by atoms with Gasteiger partial charge in [0.05, 0.1) is 0 Å². The maximum atomic E-state index is 12.9. The van der Waals surface area contributed by atoms with Crippen molar-refractivity contribution < 1.29 is 24.2 Å². The molecule has 0 saturated heterocycles. The number of carbonyl (C=O) groups is 3. The van der Waals surface area contributed by atoms with Gasteiger partial charge in [0.2, 0.25) is 0 Å². The number of amides is 2. The predicted molar refractivity (Wildman–Crippen MR) is 128 cm³/mol. The Hall–Kier alpha value is -4.40. The highest BCUT2D eigenvalue weighted by atomic mass is 16.5. The summed E-state index contributed by atoms with van der Waals surface area (Å²) in [6, 6.07) is 17.7. The summed E-state index contributed by atoms with van der Waals surface area (Å²) in [4.78, 5) is 38.0. The number of rotatable bonds is 5. The number of hydrogen-bond donors (Lipinski definition) is 2. The van der Waals surface area contributed by atoms with Crippen molar-refractivity contribution in [3.63, 3.8) is 0 Å². The number of carboxylic acid groups (broad SMARTS) is 1. The lowest BCUT2D eigenvalue weighted by Gasteiger charge is -2.25. The second kappa shape index (κ2) is 9.09. The molecule has 1 aliphatic heterocycles. The minimum absolute atomic E-state index is 0.0585. The zero-order valence-corrected chi connectivity index (χ0v) is 19.1. The zero-order valence-electron chi connectivity index (χ0n) is 19.1. The van der Waals surface area contributed by atoms with E-state index >= 15 is 0 Å². The van der Waals surface area contributed by atoms with Crippen LogP contribution in [0.5, 0.6) is 0 Å². The molecule has 0 spiro atoms. The van der Waals surface area contributed by atoms with Gasteiger partial charge in [0.15, 0.2) is 5.82 Å². The van der Waals surface area contributed by atoms with Crippen molar-refractivity contribution in [3.8, 4) is 11.1 Å². The van der Waals surface area contributed by atoms with E-state index in [2.05, 4.69) is 22.5 Å². The van der Waals surface area contributed by atoms with Crippen molar-refractivity contribution >= 4 is 23.8 Å². The molecule has 2 aromatic carbocycles. The molecule has 0 atom stereocenters. The third kappa shape index (κ3) is 4.28. The predicted octanol–water partition coefficient (Wildman–Crippen LogP) is 3.64. The summed E-state index contributed by atoms with van der Waals surface area (Å²) in [5.41, 5.74) is 5.12. The Labute approximate surface area is 201 Å². The molecule has 1 aliphatic carbocycles. The summed E-state index contributed by atoms with van der Waals surface area (Å²) in [7, 11) is 1.61. The largest absolute Gasteiger partial charge is 0.478 e. The summed E-state index contributed by atoms with van der Waals surface area (Å²) in [5.74, 6) is -1.11. The van der Waals surface area contributed by atoms with Crippen LogP contribution in [0.25, 0.3) is 11.1 Å². The smallest absolute Gasteiger partial charge is 0.412 e. The first-order chi connectivity index (χ1) is 16.9. The van der Waals surface area contributed by atoms with Crippen molar-refractivity contribution in [2.24, 2.45) is 7.05 Å². The van der Waals surface area contributed by atoms with E-state index < -0.39 is 12.1 Å². The van der Waals surface area contributed by atoms with Gasteiger partial charge in [0, 0.05) is 37.7 Å². The molecule has 35 heavy (non-hydrogen) atoms. The van der Waals surface area contributed by atoms with Crippen LogP contribution in [0.4, 0.5) is 10.6 Å². The minimum Gasteiger partial charge on any atom is -0.478 e. The molecular weight excluding hydrogens is 448 g/mol. The van der Waals surface area contributed by atoms with Crippen molar-refractivity contribution in [1.29, 1.82) is 0 Å². The fourth-order valence-electron chi connectivity index (χ4n) is 4.68. The van der Waals surface area contributed by atoms with Crippen LogP contribution >= 0.6 is 0 Å². The van der Waals surface area contributed by atoms with E-state index in [1.807, 2.05) is 36.4 Å². The number of aromatic nitrogens is 2. The van der Waals surface area contributed by atoms with Gasteiger partial charge in [-0.05, 0) is 28.7 Å². The highest BCUT2D eigenvalue weighted by Crippen LogP contribution is 2.44. The van der Waals surface area contributed by atoms with E-state index in [0.717, 1.165) is 22.3 Å². The third-order valence-electron chi connectivity index (χ3n) is 6.44. The molecule has 3 aromatic rings. The lowest BCUT2D eigenvalue weighted by Crippen LogP contribution is -2.36. The van der Waals surface area contributed by atoms with E-state index in [1.165, 1.54) is 16.8 Å². The van der Waals surface area contributed by atoms with Crippen LogP contribution in [-0.2, 0) is 16.6 Å². The molecule has 0 bridgehead atoms. The summed E-state index contributed by atoms with van der Waals surface area (Å²) in [6.45, 7) is 0.683. The highest BCUT2D eigenvalue weighted by molar-refractivity contribution is 5.95. The Bertz CT molecular complexity index is 1310. The number of hydrogen-bond acceptors (Lipinski definition) is 5. The molecule has 1 aromatic heterocycles. The quantitative estimate of drug-likeness (QED) is 0.586. The van der Waals surface area contributed by atoms with E-state index in [-0.39, 0.29) is 42.9 Å². The number of carboxylic acids is 1. The highest BCUT2D eigenvalue weighted by Gasteiger charge is 2.29. The average Bonchev–Trinajstić information content (AvgIpc) is 3.39. The Balaban J connectivity index is 1.23. The third-order valence-corrected chi connectivity index (χ3v) is 6.44. The second-order valence-corrected chi connectivity index (χ2v) is 8.52. The van der Waals surface area contributed by atoms with Crippen molar-refractivity contribution in [2.45, 2.75) is 12.3 Å². The van der Waals surface area contributed by atoms with Crippen LogP contribution in [-0.4, -0.2) is 57.5 Å². The molecule has 0 saturated carbocycles. The number of nitrogens with zero attached hydrogens (tertiary/aromatic N) is 3. The molecule has 0 fully saturated rings. The van der Waals surface area contributed by atoms with Gasteiger partial charge in [-0.3, -0.25) is 14.8 Å². The molecule has 5 rings (SSSR count). The van der Waals surface area contributed by atoms with Gasteiger partial charge in [0.25, 0.3) is 5.91 Å². The van der Waals surface area contributed by atoms with Crippen molar-refractivity contribution in [1.82, 2.24) is 14.7 Å². The SMILES string of the molecule is Cn1nc(NC(=O)OCC2c3ccccc3-c3ccccc32)cc1C(=O)N1CC=C(C(=O)O)CC1. The number of anilines is 1. The van der Waals surface area contributed by atoms with E-state index in [4.69, 9.17) is 9.84 Å². The zero-order chi connectivity index (χ0) is 24.5. The van der Waals surface area contributed by atoms with Gasteiger partial charge >= 0.3 is 12.1 Å². The average molecular weight is 473 g/mol. The topological polar surface area (TPSA) is 114 Å². The summed E-state index contributed by atoms with van der Waals surface area (Å²) >= 11 is 0. The summed E-state index contributed by atoms with van der Waals surface area (Å²) in [5, 5.41) is 15.9. The first kappa shape index (κ1) is 22.4. The van der Waals surface area contributed by atoms with Crippen LogP contribution in [0, 0.1) is 0 Å². The molecule has 2 amide bonds. The Morgan fingerprint density at radius 2 is 1.74 bits per heavy atom. The molecule has 9 heteroatoms. The molecule has 2 N–H and O–H groups in total. The number of carbonyl (C=O) groups excluding carboxylic acids is 2. The van der Waals surface area contributed by atoms with Gasteiger partial charge < -0.3 is 14.7 Å². The molecule has 0 radical (unpaired) electrons. The number of aliphatic carboxylic acids is 1. The fraction of sp³-hybridized carbons (Fsp3) is 0.231. The number of fused-ring (bicyclic) bond motifs is 3. The summed E-state index contributed by atoms with van der Waals surface area (Å²) in [6.07, 6.45) is 1.16. The van der Waals surface area contributed by atoms with E-state index in [0.29, 0.717) is 12.1 Å². The van der Waals surface area contributed by atoms with Crippen molar-refractivity contribution in [2.75, 3.05) is 25.0 Å². The Morgan fingerprint density at radius 3 is 2.34 bits per heavy atom. The standard InChI is InChI=1S/C26H24N4O5/c1-29-22(24(31)30-12-10-16(11-13-30)25(32)33)14-23(28-29)27-26(34)35-15-21-19-8-4-2-6-17(19)18-7-3-5-9-20(18)21/h2-10,14,21H,11-13,15H2,1H3,(H,32,33)(H,27,28,34). The molecule has 0 unspecified atom stereocenters. The lowest BCUT2D eigenvalue weighted by molar-refractivity contribution is -0.133. The Kier molecular flexibility index (Phi) is 5.82. The van der Waals surface area contributed by atoms with Crippen LogP contribution in [0.2, 0.25) is 0 Å². The summed E-state index contributed by atoms with van der Waals surface area (Å²) < 4.78 is 6.93. The molecular formula is C26H24N4O5. The Morgan fingerprint density at radius 1 is 1.09 bits per heavy atom. The van der Waals surface area contributed by atoms with Gasteiger partial charge in [-0.25, -0.2) is 9.59 Å². The maximum absolute atomic E-state index is 12.9. The van der Waals surface area contributed by atoms with Gasteiger partial charge in [-0.1, -0.05) is 54.6 Å². The number of nitrogens with one attached hydrogen (secondary N) is 1. The number of aryl methyl sites for hydroxylation is 1. The van der Waals surface area contributed by atoms with E-state index in [9.17, 15) is 14.4 Å². The lowest BCUT2D eigenvalue weighted by atomic mass is 9.98. The molecule has 2 heterocycles. The number of ether oxygens (including phenoxy) is 1. The van der Waals surface area contributed by atoms with Gasteiger partial charge in [-0.2, -0.15) is 5.10 Å². The first-order valence-electron chi connectivity index (χ1n) is 11.3. The van der Waals surface area contributed by atoms with Crippen LogP contribution in [0.15, 0.2) is 66.2 Å². The van der Waals surface area contributed by atoms with Crippen LogP contribution < -0.4 is 5.32 Å². The number of benzene rings is 2. The van der Waals surface area contributed by atoms with E-state index in [1.54, 1.807) is 11.9 Å². The van der Waals surface area contributed by atoms with Gasteiger partial charge in [0.1, 0.15) is 12.3 Å². The maximum Gasteiger partial charge on any atom is 0.412 e. The van der Waals surface area contributed by atoms with Crippen LogP contribution in [0.1, 0.15) is 34.0 Å². The molecule has 2 aliphatic rings. The van der Waals surface area contributed by atoms with Gasteiger partial charge in [-0.15, -0.1) is 0 Å². The van der Waals surface area contributed by atoms with Crippen LogP contribution in [0.3, 0.4) is 0 Å². The fourth-order valence-corrected chi connectivity index (χ4v) is 4.68. The second-order valence-electron chi connectivity index (χ2n) is 8.52. The molecule has 9 nitrogen and oxygen atoms in total. The monoisotopic (exact) mass is 472 g/mol. The van der Waals surface area contributed by atoms with Crippen molar-refractivity contribution in [3.05, 3.63) is 83.1 Å². The molecule has 178 valence electrons. The normalized spacial score (nSPS) is 14.7.